The van der Waals surface area contributed by atoms with Crippen LogP contribution in [0.15, 0.2) is 36.4 Å². The quantitative estimate of drug-likeness (QED) is 0.712. The maximum atomic E-state index is 6.06. The van der Waals surface area contributed by atoms with Crippen molar-refractivity contribution in [3.63, 3.8) is 0 Å². The molecule has 0 spiro atoms. The Hall–Kier alpha value is -1.49. The van der Waals surface area contributed by atoms with E-state index in [0.29, 0.717) is 10.0 Å². The highest BCUT2D eigenvalue weighted by Gasteiger charge is 2.20. The Morgan fingerprint density at radius 1 is 0.960 bits per heavy atom. The molecule has 1 heterocycles. The van der Waals surface area contributed by atoms with Crippen LogP contribution in [-0.2, 0) is 0 Å². The monoisotopic (exact) mass is 393 g/mol. The highest BCUT2D eigenvalue weighted by molar-refractivity contribution is 7.80. The lowest BCUT2D eigenvalue weighted by Crippen LogP contribution is -2.50. The minimum Gasteiger partial charge on any atom is -0.368 e. The number of piperazine rings is 1. The average Bonchev–Trinajstić information content (AvgIpc) is 2.60. The van der Waals surface area contributed by atoms with E-state index in [2.05, 4.69) is 47.2 Å². The summed E-state index contributed by atoms with van der Waals surface area (Å²) in [6.45, 7) is 7.98. The van der Waals surface area contributed by atoms with Crippen LogP contribution in [0.5, 0.6) is 0 Å². The highest BCUT2D eigenvalue weighted by Crippen LogP contribution is 2.26. The summed E-state index contributed by atoms with van der Waals surface area (Å²) in [5.41, 5.74) is 4.79. The molecule has 0 bridgehead atoms. The Balaban J connectivity index is 1.60. The van der Waals surface area contributed by atoms with E-state index >= 15 is 0 Å². The maximum absolute atomic E-state index is 6.06. The molecule has 1 saturated heterocycles. The molecular formula is C19H21Cl2N3S. The molecule has 0 atom stereocenters. The number of thiocarbonyl (C=S) groups is 1. The van der Waals surface area contributed by atoms with E-state index in [1.54, 1.807) is 12.1 Å². The first-order valence-corrected chi connectivity index (χ1v) is 9.43. The molecule has 1 aliphatic heterocycles. The molecule has 132 valence electrons. The number of rotatable bonds is 2. The van der Waals surface area contributed by atoms with Gasteiger partial charge in [-0.1, -0.05) is 35.3 Å². The number of hydrogen-bond acceptors (Lipinski definition) is 2. The predicted octanol–water partition coefficient (Wildman–Crippen LogP) is 5.13. The van der Waals surface area contributed by atoms with Crippen molar-refractivity contribution >= 4 is 51.9 Å². The normalized spacial score (nSPS) is 14.6. The fourth-order valence-corrected chi connectivity index (χ4v) is 3.59. The van der Waals surface area contributed by atoms with Crippen LogP contribution in [0.2, 0.25) is 10.0 Å². The van der Waals surface area contributed by atoms with E-state index in [0.717, 1.165) is 37.0 Å². The van der Waals surface area contributed by atoms with Crippen molar-refractivity contribution in [1.82, 2.24) is 4.90 Å². The van der Waals surface area contributed by atoms with Gasteiger partial charge in [0.15, 0.2) is 5.11 Å². The van der Waals surface area contributed by atoms with Crippen LogP contribution in [0.25, 0.3) is 0 Å². The van der Waals surface area contributed by atoms with Gasteiger partial charge in [0, 0.05) is 37.6 Å². The number of hydrogen-bond donors (Lipinski definition) is 1. The lowest BCUT2D eigenvalue weighted by atomic mass is 10.1. The number of anilines is 2. The minimum absolute atomic E-state index is 0.522. The molecule has 0 radical (unpaired) electrons. The summed E-state index contributed by atoms with van der Waals surface area (Å²) in [4.78, 5) is 4.63. The van der Waals surface area contributed by atoms with E-state index in [1.807, 2.05) is 6.07 Å². The Morgan fingerprint density at radius 3 is 2.36 bits per heavy atom. The van der Waals surface area contributed by atoms with Gasteiger partial charge >= 0.3 is 0 Å². The second-order valence-corrected chi connectivity index (χ2v) is 7.52. The molecule has 0 aliphatic carbocycles. The molecule has 25 heavy (non-hydrogen) atoms. The highest BCUT2D eigenvalue weighted by atomic mass is 35.5. The first kappa shape index (κ1) is 18.3. The van der Waals surface area contributed by atoms with Crippen LogP contribution >= 0.6 is 35.4 Å². The molecule has 0 saturated carbocycles. The fourth-order valence-electron chi connectivity index (χ4n) is 2.99. The van der Waals surface area contributed by atoms with Crippen LogP contribution in [0.4, 0.5) is 11.4 Å². The average molecular weight is 394 g/mol. The van der Waals surface area contributed by atoms with Crippen molar-refractivity contribution in [3.05, 3.63) is 57.6 Å². The van der Waals surface area contributed by atoms with E-state index < -0.39 is 0 Å². The van der Waals surface area contributed by atoms with Gasteiger partial charge in [0.1, 0.15) is 0 Å². The second-order valence-electron chi connectivity index (χ2n) is 6.32. The van der Waals surface area contributed by atoms with Gasteiger partial charge in [-0.15, -0.1) is 0 Å². The molecule has 1 aliphatic rings. The summed E-state index contributed by atoms with van der Waals surface area (Å²) in [5, 5.41) is 5.04. The van der Waals surface area contributed by atoms with Gasteiger partial charge in [-0.05, 0) is 61.5 Å². The Labute approximate surface area is 164 Å². The number of halogens is 2. The molecule has 6 heteroatoms. The minimum atomic E-state index is 0.522. The van der Waals surface area contributed by atoms with Crippen LogP contribution in [0.3, 0.4) is 0 Å². The third-order valence-electron chi connectivity index (χ3n) is 4.44. The summed E-state index contributed by atoms with van der Waals surface area (Å²) in [7, 11) is 0. The first-order valence-electron chi connectivity index (χ1n) is 8.27. The summed E-state index contributed by atoms with van der Waals surface area (Å²) >= 11 is 17.6. The molecule has 1 fully saturated rings. The van der Waals surface area contributed by atoms with Crippen molar-refractivity contribution < 1.29 is 0 Å². The second kappa shape index (κ2) is 7.81. The molecule has 0 amide bonds. The molecular weight excluding hydrogens is 373 g/mol. The van der Waals surface area contributed by atoms with E-state index in [-0.39, 0.29) is 0 Å². The molecule has 0 unspecified atom stereocenters. The Morgan fingerprint density at radius 2 is 1.68 bits per heavy atom. The molecule has 3 rings (SSSR count). The predicted molar refractivity (Wildman–Crippen MR) is 112 cm³/mol. The van der Waals surface area contributed by atoms with Gasteiger partial charge in [0.2, 0.25) is 0 Å². The zero-order chi connectivity index (χ0) is 18.0. The Kier molecular flexibility index (Phi) is 5.72. The molecule has 2 aromatic carbocycles. The van der Waals surface area contributed by atoms with Crippen LogP contribution in [-0.4, -0.2) is 36.2 Å². The third kappa shape index (κ3) is 4.38. The third-order valence-corrected chi connectivity index (χ3v) is 5.54. The SMILES string of the molecule is Cc1ccc(C)c(N2CCN(C(=S)Nc3ccc(Cl)c(Cl)c3)CC2)c1. The zero-order valence-electron chi connectivity index (χ0n) is 14.4. The van der Waals surface area contributed by atoms with E-state index in [1.165, 1.54) is 16.8 Å². The zero-order valence-corrected chi connectivity index (χ0v) is 16.7. The fraction of sp³-hybridized carbons (Fsp3) is 0.316. The standard InChI is InChI=1S/C19H21Cl2N3S/c1-13-3-4-14(2)18(11-13)23-7-9-24(10-8-23)19(25)22-15-5-6-16(20)17(21)12-15/h3-6,11-12H,7-10H2,1-2H3,(H,22,25). The van der Waals surface area contributed by atoms with Gasteiger partial charge in [-0.2, -0.15) is 0 Å². The lowest BCUT2D eigenvalue weighted by molar-refractivity contribution is 0.390. The van der Waals surface area contributed by atoms with E-state index in [9.17, 15) is 0 Å². The van der Waals surface area contributed by atoms with Gasteiger partial charge in [-0.25, -0.2) is 0 Å². The number of nitrogens with zero attached hydrogens (tertiary/aromatic N) is 2. The number of aryl methyl sites for hydroxylation is 2. The van der Waals surface area contributed by atoms with Crippen LogP contribution < -0.4 is 10.2 Å². The van der Waals surface area contributed by atoms with Crippen molar-refractivity contribution in [1.29, 1.82) is 0 Å². The van der Waals surface area contributed by atoms with Crippen molar-refractivity contribution in [2.45, 2.75) is 13.8 Å². The van der Waals surface area contributed by atoms with Crippen molar-refractivity contribution in [2.75, 3.05) is 36.4 Å². The first-order chi connectivity index (χ1) is 11.9. The summed E-state index contributed by atoms with van der Waals surface area (Å²) < 4.78 is 0. The molecule has 2 aromatic rings. The topological polar surface area (TPSA) is 18.5 Å². The lowest BCUT2D eigenvalue weighted by Gasteiger charge is -2.38. The number of benzene rings is 2. The maximum Gasteiger partial charge on any atom is 0.173 e. The molecule has 1 N–H and O–H groups in total. The summed E-state index contributed by atoms with van der Waals surface area (Å²) in [6.07, 6.45) is 0. The van der Waals surface area contributed by atoms with Crippen LogP contribution in [0, 0.1) is 13.8 Å². The largest absolute Gasteiger partial charge is 0.368 e. The molecule has 0 aromatic heterocycles. The Bertz CT molecular complexity index is 786. The van der Waals surface area contributed by atoms with Gasteiger partial charge in [0.25, 0.3) is 0 Å². The van der Waals surface area contributed by atoms with Gasteiger partial charge in [-0.3, -0.25) is 0 Å². The van der Waals surface area contributed by atoms with E-state index in [4.69, 9.17) is 35.4 Å². The van der Waals surface area contributed by atoms with Crippen molar-refractivity contribution in [3.8, 4) is 0 Å². The summed E-state index contributed by atoms with van der Waals surface area (Å²) in [5.74, 6) is 0. The number of nitrogens with one attached hydrogen (secondary N) is 1. The molecule has 3 nitrogen and oxygen atoms in total. The van der Waals surface area contributed by atoms with Gasteiger partial charge < -0.3 is 15.1 Å². The van der Waals surface area contributed by atoms with Crippen molar-refractivity contribution in [2.24, 2.45) is 0 Å². The summed E-state index contributed by atoms with van der Waals surface area (Å²) in [6, 6.07) is 12.1. The smallest absolute Gasteiger partial charge is 0.173 e. The van der Waals surface area contributed by atoms with Gasteiger partial charge in [0.05, 0.1) is 10.0 Å². The van der Waals surface area contributed by atoms with Crippen LogP contribution in [0.1, 0.15) is 11.1 Å².